The Labute approximate surface area is 129 Å². The minimum atomic E-state index is 0.0846. The number of aryl methyl sites for hydroxylation is 2. The zero-order chi connectivity index (χ0) is 15.0. The van der Waals surface area contributed by atoms with Crippen molar-refractivity contribution in [2.45, 2.75) is 26.3 Å². The van der Waals surface area contributed by atoms with Gasteiger partial charge in [0, 0.05) is 31.1 Å². The standard InChI is InChI=1S/C16H18ClN3O/c1-10-14(16(17)20(2)19-10)8-15(21)12-4-3-11-5-6-18-9-13(11)7-12/h3-4,7,18H,5-6,8-9H2,1-2H3. The molecule has 1 N–H and O–H groups in total. The molecule has 1 aromatic carbocycles. The van der Waals surface area contributed by atoms with Crippen LogP contribution in [0.25, 0.3) is 0 Å². The lowest BCUT2D eigenvalue weighted by Gasteiger charge is -2.17. The SMILES string of the molecule is Cc1nn(C)c(Cl)c1CC(=O)c1ccc2c(c1)CNCC2. The summed E-state index contributed by atoms with van der Waals surface area (Å²) < 4.78 is 1.61. The molecule has 1 aromatic heterocycles. The lowest BCUT2D eigenvalue weighted by Crippen LogP contribution is -2.24. The largest absolute Gasteiger partial charge is 0.312 e. The number of nitrogens with one attached hydrogen (secondary N) is 1. The fourth-order valence-electron chi connectivity index (χ4n) is 2.79. The second-order valence-corrected chi connectivity index (χ2v) is 5.85. The van der Waals surface area contributed by atoms with Crippen LogP contribution in [0.2, 0.25) is 5.15 Å². The van der Waals surface area contributed by atoms with Crippen LogP contribution in [0.5, 0.6) is 0 Å². The molecule has 0 spiro atoms. The van der Waals surface area contributed by atoms with Gasteiger partial charge in [-0.1, -0.05) is 23.7 Å². The Bertz CT molecular complexity index is 706. The first-order valence-corrected chi connectivity index (χ1v) is 7.47. The van der Waals surface area contributed by atoms with Gasteiger partial charge >= 0.3 is 0 Å². The molecule has 2 heterocycles. The molecule has 2 aromatic rings. The van der Waals surface area contributed by atoms with Gasteiger partial charge < -0.3 is 5.32 Å². The van der Waals surface area contributed by atoms with Crippen LogP contribution in [0.4, 0.5) is 0 Å². The molecule has 0 fully saturated rings. The lowest BCUT2D eigenvalue weighted by molar-refractivity contribution is 0.0992. The van der Waals surface area contributed by atoms with Crippen molar-refractivity contribution >= 4 is 17.4 Å². The summed E-state index contributed by atoms with van der Waals surface area (Å²) >= 11 is 6.20. The highest BCUT2D eigenvalue weighted by Crippen LogP contribution is 2.22. The van der Waals surface area contributed by atoms with Crippen LogP contribution in [0.15, 0.2) is 18.2 Å². The molecule has 1 aliphatic rings. The number of carbonyl (C=O) groups is 1. The van der Waals surface area contributed by atoms with Gasteiger partial charge in [-0.3, -0.25) is 9.48 Å². The van der Waals surface area contributed by atoms with E-state index in [0.29, 0.717) is 11.6 Å². The number of hydrogen-bond donors (Lipinski definition) is 1. The Morgan fingerprint density at radius 3 is 2.95 bits per heavy atom. The number of Topliss-reactive ketones (excluding diaryl/α,β-unsaturated/α-hetero) is 1. The number of aromatic nitrogens is 2. The predicted octanol–water partition coefficient (Wildman–Crippen LogP) is 2.45. The van der Waals surface area contributed by atoms with Crippen LogP contribution in [0, 0.1) is 6.92 Å². The third-order valence-corrected chi connectivity index (χ3v) is 4.49. The van der Waals surface area contributed by atoms with Crippen LogP contribution in [0.3, 0.4) is 0 Å². The summed E-state index contributed by atoms with van der Waals surface area (Å²) in [6.07, 6.45) is 1.32. The monoisotopic (exact) mass is 303 g/mol. The molecule has 110 valence electrons. The number of hydrogen-bond acceptors (Lipinski definition) is 3. The van der Waals surface area contributed by atoms with Crippen molar-refractivity contribution in [2.24, 2.45) is 7.05 Å². The summed E-state index contributed by atoms with van der Waals surface area (Å²) in [4.78, 5) is 12.5. The van der Waals surface area contributed by atoms with E-state index in [9.17, 15) is 4.79 Å². The summed E-state index contributed by atoms with van der Waals surface area (Å²) in [5.74, 6) is 0.0846. The van der Waals surface area contributed by atoms with E-state index in [1.807, 2.05) is 19.1 Å². The van der Waals surface area contributed by atoms with Gasteiger partial charge in [-0.15, -0.1) is 0 Å². The smallest absolute Gasteiger partial charge is 0.167 e. The van der Waals surface area contributed by atoms with E-state index in [1.165, 1.54) is 11.1 Å². The molecule has 0 amide bonds. The second-order valence-electron chi connectivity index (χ2n) is 5.49. The zero-order valence-electron chi connectivity index (χ0n) is 12.2. The van der Waals surface area contributed by atoms with Gasteiger partial charge in [-0.05, 0) is 37.1 Å². The quantitative estimate of drug-likeness (QED) is 0.886. The third-order valence-electron chi connectivity index (χ3n) is 4.02. The van der Waals surface area contributed by atoms with E-state index in [2.05, 4.69) is 16.5 Å². The average Bonchev–Trinajstić information content (AvgIpc) is 2.73. The highest BCUT2D eigenvalue weighted by molar-refractivity contribution is 6.30. The molecule has 0 unspecified atom stereocenters. The van der Waals surface area contributed by atoms with Gasteiger partial charge in [0.05, 0.1) is 5.69 Å². The molecule has 0 atom stereocenters. The summed E-state index contributed by atoms with van der Waals surface area (Å²) in [6.45, 7) is 3.72. The fourth-order valence-corrected chi connectivity index (χ4v) is 3.03. The van der Waals surface area contributed by atoms with Gasteiger partial charge in [-0.2, -0.15) is 5.10 Å². The number of rotatable bonds is 3. The van der Waals surface area contributed by atoms with Crippen molar-refractivity contribution in [3.05, 3.63) is 51.3 Å². The normalized spacial score (nSPS) is 14.0. The Balaban J connectivity index is 1.85. The van der Waals surface area contributed by atoms with E-state index in [0.717, 1.165) is 36.3 Å². The molecule has 0 bridgehead atoms. The number of halogens is 1. The number of nitrogens with zero attached hydrogens (tertiary/aromatic N) is 2. The molecule has 3 rings (SSSR count). The molecule has 4 nitrogen and oxygen atoms in total. The number of fused-ring (bicyclic) bond motifs is 1. The maximum atomic E-state index is 12.5. The first-order valence-electron chi connectivity index (χ1n) is 7.10. The Hall–Kier alpha value is -1.65. The third kappa shape index (κ3) is 2.74. The van der Waals surface area contributed by atoms with Gasteiger partial charge in [0.25, 0.3) is 0 Å². The second kappa shape index (κ2) is 5.62. The van der Waals surface area contributed by atoms with Crippen LogP contribution >= 0.6 is 11.6 Å². The predicted molar refractivity (Wildman–Crippen MR) is 82.8 cm³/mol. The fraction of sp³-hybridized carbons (Fsp3) is 0.375. The Kier molecular flexibility index (Phi) is 3.83. The van der Waals surface area contributed by atoms with E-state index >= 15 is 0 Å². The van der Waals surface area contributed by atoms with Crippen molar-refractivity contribution in [1.29, 1.82) is 0 Å². The minimum Gasteiger partial charge on any atom is -0.312 e. The molecule has 0 saturated carbocycles. The summed E-state index contributed by atoms with van der Waals surface area (Å²) in [5.41, 5.74) is 4.94. The van der Waals surface area contributed by atoms with Gasteiger partial charge in [0.1, 0.15) is 5.15 Å². The van der Waals surface area contributed by atoms with Crippen LogP contribution in [0.1, 0.15) is 32.7 Å². The number of ketones is 1. The van der Waals surface area contributed by atoms with Crippen LogP contribution < -0.4 is 5.32 Å². The van der Waals surface area contributed by atoms with E-state index in [-0.39, 0.29) is 5.78 Å². The van der Waals surface area contributed by atoms with Crippen molar-refractivity contribution in [1.82, 2.24) is 15.1 Å². The van der Waals surface area contributed by atoms with Gasteiger partial charge in [-0.25, -0.2) is 0 Å². The first kappa shape index (κ1) is 14.3. The molecule has 0 saturated heterocycles. The lowest BCUT2D eigenvalue weighted by atomic mass is 9.95. The van der Waals surface area contributed by atoms with E-state index < -0.39 is 0 Å². The van der Waals surface area contributed by atoms with E-state index in [1.54, 1.807) is 11.7 Å². The minimum absolute atomic E-state index is 0.0846. The molecular weight excluding hydrogens is 286 g/mol. The van der Waals surface area contributed by atoms with Crippen LogP contribution in [-0.4, -0.2) is 22.1 Å². The van der Waals surface area contributed by atoms with Crippen molar-refractivity contribution in [2.75, 3.05) is 6.54 Å². The summed E-state index contributed by atoms with van der Waals surface area (Å²) in [6, 6.07) is 6.00. The zero-order valence-corrected chi connectivity index (χ0v) is 13.0. The Morgan fingerprint density at radius 2 is 2.24 bits per heavy atom. The maximum Gasteiger partial charge on any atom is 0.167 e. The first-order chi connectivity index (χ1) is 10.1. The highest BCUT2D eigenvalue weighted by atomic mass is 35.5. The van der Waals surface area contributed by atoms with Crippen LogP contribution in [-0.2, 0) is 26.4 Å². The maximum absolute atomic E-state index is 12.5. The molecule has 5 heteroatoms. The number of benzene rings is 1. The van der Waals surface area contributed by atoms with Gasteiger partial charge in [0.2, 0.25) is 0 Å². The average molecular weight is 304 g/mol. The summed E-state index contributed by atoms with van der Waals surface area (Å²) in [5, 5.41) is 8.12. The molecule has 21 heavy (non-hydrogen) atoms. The Morgan fingerprint density at radius 1 is 1.43 bits per heavy atom. The van der Waals surface area contributed by atoms with Gasteiger partial charge in [0.15, 0.2) is 5.78 Å². The number of carbonyl (C=O) groups excluding carboxylic acids is 1. The molecule has 0 radical (unpaired) electrons. The molecule has 0 aliphatic carbocycles. The molecule has 1 aliphatic heterocycles. The van der Waals surface area contributed by atoms with Crippen molar-refractivity contribution in [3.8, 4) is 0 Å². The highest BCUT2D eigenvalue weighted by Gasteiger charge is 2.17. The van der Waals surface area contributed by atoms with Crippen molar-refractivity contribution in [3.63, 3.8) is 0 Å². The summed E-state index contributed by atoms with van der Waals surface area (Å²) in [7, 11) is 1.79. The molecular formula is C16H18ClN3O. The van der Waals surface area contributed by atoms with Crippen molar-refractivity contribution < 1.29 is 4.79 Å². The van der Waals surface area contributed by atoms with E-state index in [4.69, 9.17) is 11.6 Å². The topological polar surface area (TPSA) is 46.9 Å².